The van der Waals surface area contributed by atoms with Crippen molar-refractivity contribution in [2.75, 3.05) is 0 Å². The van der Waals surface area contributed by atoms with Gasteiger partial charge in [0.25, 0.3) is 0 Å². The molecule has 0 radical (unpaired) electrons. The lowest BCUT2D eigenvalue weighted by molar-refractivity contribution is 0.925. The van der Waals surface area contributed by atoms with Gasteiger partial charge < -0.3 is 4.57 Å². The monoisotopic (exact) mass is 361 g/mol. The molecule has 0 saturated heterocycles. The quantitative estimate of drug-likeness (QED) is 0.440. The van der Waals surface area contributed by atoms with Crippen molar-refractivity contribution in [3.05, 3.63) is 62.9 Å². The summed E-state index contributed by atoms with van der Waals surface area (Å²) >= 11 is 18.4. The van der Waals surface area contributed by atoms with Crippen molar-refractivity contribution in [2.45, 2.75) is 0 Å². The molecule has 3 aromatic rings. The molecule has 0 fully saturated rings. The summed E-state index contributed by atoms with van der Waals surface area (Å²) in [5.41, 5.74) is 2.61. The first kappa shape index (κ1) is 15.9. The molecule has 114 valence electrons. The number of aromatic nitrogens is 2. The van der Waals surface area contributed by atoms with Crippen LogP contribution in [0.15, 0.2) is 36.4 Å². The first-order valence-corrected chi connectivity index (χ1v) is 7.83. The standard InChI is InChI=1S/C17H10Cl3N3/c1-23-15-5-3-2-4-14(15)22-17(23)10(9-21)8-11-12(18)6-7-13(19)16(11)20/h2-8H,1H3/b10-8+. The highest BCUT2D eigenvalue weighted by Crippen LogP contribution is 2.34. The Morgan fingerprint density at radius 3 is 2.52 bits per heavy atom. The minimum Gasteiger partial charge on any atom is -0.327 e. The minimum absolute atomic E-state index is 0.311. The lowest BCUT2D eigenvalue weighted by Gasteiger charge is -2.06. The van der Waals surface area contributed by atoms with Crippen molar-refractivity contribution in [1.82, 2.24) is 9.55 Å². The molecule has 0 aliphatic carbocycles. The third kappa shape index (κ3) is 2.82. The van der Waals surface area contributed by atoms with Crippen LogP contribution in [-0.2, 0) is 7.05 Å². The van der Waals surface area contributed by atoms with Crippen LogP contribution in [0, 0.1) is 11.3 Å². The number of rotatable bonds is 2. The molecule has 1 aromatic heterocycles. The highest BCUT2D eigenvalue weighted by atomic mass is 35.5. The van der Waals surface area contributed by atoms with Crippen LogP contribution < -0.4 is 0 Å². The van der Waals surface area contributed by atoms with Crippen LogP contribution in [0.1, 0.15) is 11.4 Å². The van der Waals surface area contributed by atoms with Gasteiger partial charge in [-0.15, -0.1) is 0 Å². The van der Waals surface area contributed by atoms with Gasteiger partial charge in [0.1, 0.15) is 6.07 Å². The molecule has 23 heavy (non-hydrogen) atoms. The third-order valence-electron chi connectivity index (χ3n) is 3.52. The second-order valence-corrected chi connectivity index (χ2v) is 6.10. The normalized spacial score (nSPS) is 11.7. The minimum atomic E-state index is 0.311. The van der Waals surface area contributed by atoms with Crippen molar-refractivity contribution < 1.29 is 0 Å². The Kier molecular flexibility index (Phi) is 4.32. The van der Waals surface area contributed by atoms with Crippen molar-refractivity contribution in [1.29, 1.82) is 5.26 Å². The van der Waals surface area contributed by atoms with Gasteiger partial charge in [-0.1, -0.05) is 46.9 Å². The van der Waals surface area contributed by atoms with Crippen LogP contribution in [-0.4, -0.2) is 9.55 Å². The van der Waals surface area contributed by atoms with E-state index in [1.807, 2.05) is 35.9 Å². The van der Waals surface area contributed by atoms with E-state index in [0.29, 0.717) is 32.0 Å². The van der Waals surface area contributed by atoms with E-state index in [2.05, 4.69) is 11.1 Å². The molecule has 0 unspecified atom stereocenters. The van der Waals surface area contributed by atoms with Crippen LogP contribution in [0.25, 0.3) is 22.7 Å². The van der Waals surface area contributed by atoms with Gasteiger partial charge in [0.2, 0.25) is 0 Å². The van der Waals surface area contributed by atoms with Crippen LogP contribution in [0.3, 0.4) is 0 Å². The maximum Gasteiger partial charge on any atom is 0.151 e. The molecule has 0 spiro atoms. The second-order valence-electron chi connectivity index (χ2n) is 4.91. The fourth-order valence-corrected chi connectivity index (χ4v) is 3.00. The smallest absolute Gasteiger partial charge is 0.151 e. The zero-order valence-electron chi connectivity index (χ0n) is 12.0. The van der Waals surface area contributed by atoms with E-state index < -0.39 is 0 Å². The maximum absolute atomic E-state index is 9.55. The number of hydrogen-bond donors (Lipinski definition) is 0. The van der Waals surface area contributed by atoms with Crippen molar-refractivity contribution in [3.63, 3.8) is 0 Å². The number of allylic oxidation sites excluding steroid dienone is 1. The summed E-state index contributed by atoms with van der Waals surface area (Å²) < 4.78 is 1.86. The van der Waals surface area contributed by atoms with E-state index >= 15 is 0 Å². The van der Waals surface area contributed by atoms with Gasteiger partial charge in [0.05, 0.1) is 26.7 Å². The third-order valence-corrected chi connectivity index (χ3v) is 4.67. The van der Waals surface area contributed by atoms with Crippen LogP contribution in [0.2, 0.25) is 15.1 Å². The lowest BCUT2D eigenvalue weighted by Crippen LogP contribution is -1.96. The zero-order chi connectivity index (χ0) is 16.6. The molecule has 1 heterocycles. The predicted octanol–water partition coefficient (Wildman–Crippen LogP) is 5.60. The van der Waals surface area contributed by atoms with Gasteiger partial charge in [-0.05, 0) is 30.3 Å². The van der Waals surface area contributed by atoms with Gasteiger partial charge in [-0.25, -0.2) is 4.98 Å². The molecule has 2 aromatic carbocycles. The number of aryl methyl sites for hydroxylation is 1. The fraction of sp³-hybridized carbons (Fsp3) is 0.0588. The molecule has 0 N–H and O–H groups in total. The van der Waals surface area contributed by atoms with Crippen molar-refractivity contribution >= 4 is 57.5 Å². The van der Waals surface area contributed by atoms with E-state index in [1.54, 1.807) is 18.2 Å². The largest absolute Gasteiger partial charge is 0.327 e. The average Bonchev–Trinajstić information content (AvgIpc) is 2.89. The first-order chi connectivity index (χ1) is 11.0. The van der Waals surface area contributed by atoms with E-state index in [4.69, 9.17) is 34.8 Å². The van der Waals surface area contributed by atoms with E-state index in [-0.39, 0.29) is 0 Å². The molecular formula is C17H10Cl3N3. The molecule has 0 saturated carbocycles. The number of para-hydroxylation sites is 2. The molecular weight excluding hydrogens is 353 g/mol. The summed E-state index contributed by atoms with van der Waals surface area (Å²) in [6, 6.07) is 13.1. The zero-order valence-corrected chi connectivity index (χ0v) is 14.3. The number of halogens is 3. The summed E-state index contributed by atoms with van der Waals surface area (Å²) in [6.45, 7) is 0. The molecule has 3 nitrogen and oxygen atoms in total. The average molecular weight is 363 g/mol. The predicted molar refractivity (Wildman–Crippen MR) is 95.7 cm³/mol. The summed E-state index contributed by atoms with van der Waals surface area (Å²) in [5, 5.41) is 10.7. The van der Waals surface area contributed by atoms with Crippen molar-refractivity contribution in [2.24, 2.45) is 7.05 Å². The Hall–Kier alpha value is -1.99. The second kappa shape index (κ2) is 6.25. The van der Waals surface area contributed by atoms with Crippen LogP contribution >= 0.6 is 34.8 Å². The first-order valence-electron chi connectivity index (χ1n) is 6.70. The molecule has 0 aliphatic heterocycles. The van der Waals surface area contributed by atoms with Gasteiger partial charge in [0, 0.05) is 17.6 Å². The van der Waals surface area contributed by atoms with Crippen molar-refractivity contribution in [3.8, 4) is 6.07 Å². The number of nitrogens with zero attached hydrogens (tertiary/aromatic N) is 3. The Morgan fingerprint density at radius 2 is 1.83 bits per heavy atom. The Bertz CT molecular complexity index is 981. The molecule has 0 aliphatic rings. The summed E-state index contributed by atoms with van der Waals surface area (Å²) in [5.74, 6) is 0.542. The van der Waals surface area contributed by atoms with E-state index in [1.165, 1.54) is 0 Å². The topological polar surface area (TPSA) is 41.6 Å². The van der Waals surface area contributed by atoms with Crippen LogP contribution in [0.4, 0.5) is 0 Å². The van der Waals surface area contributed by atoms with Gasteiger partial charge in [-0.3, -0.25) is 0 Å². The summed E-state index contributed by atoms with van der Waals surface area (Å²) in [4.78, 5) is 4.51. The van der Waals surface area contributed by atoms with Gasteiger partial charge >= 0.3 is 0 Å². The molecule has 6 heteroatoms. The highest BCUT2D eigenvalue weighted by Gasteiger charge is 2.14. The fourth-order valence-electron chi connectivity index (χ4n) is 2.35. The molecule has 0 bridgehead atoms. The number of benzene rings is 2. The van der Waals surface area contributed by atoms with E-state index in [9.17, 15) is 5.26 Å². The lowest BCUT2D eigenvalue weighted by atomic mass is 10.1. The number of hydrogen-bond acceptors (Lipinski definition) is 2. The Morgan fingerprint density at radius 1 is 1.13 bits per heavy atom. The number of fused-ring (bicyclic) bond motifs is 1. The number of nitriles is 1. The number of imidazole rings is 1. The van der Waals surface area contributed by atoms with Gasteiger partial charge in [0.15, 0.2) is 5.82 Å². The molecule has 3 rings (SSSR count). The van der Waals surface area contributed by atoms with Gasteiger partial charge in [-0.2, -0.15) is 5.26 Å². The SMILES string of the molecule is Cn1c(/C(C#N)=C/c2c(Cl)ccc(Cl)c2Cl)nc2ccccc21. The molecule has 0 amide bonds. The van der Waals surface area contributed by atoms with Crippen LogP contribution in [0.5, 0.6) is 0 Å². The summed E-state index contributed by atoms with van der Waals surface area (Å²) in [7, 11) is 1.86. The highest BCUT2D eigenvalue weighted by molar-refractivity contribution is 6.44. The summed E-state index contributed by atoms with van der Waals surface area (Å²) in [6.07, 6.45) is 1.61. The maximum atomic E-state index is 9.55. The Balaban J connectivity index is 2.22. The molecule has 0 atom stereocenters. The van der Waals surface area contributed by atoms with E-state index in [0.717, 1.165) is 11.0 Å². The Labute approximate surface area is 148 Å².